The molecule has 0 aliphatic rings. The monoisotopic (exact) mass is 284 g/mol. The van der Waals surface area contributed by atoms with Crippen LogP contribution in [0, 0.1) is 5.82 Å². The van der Waals surface area contributed by atoms with Crippen LogP contribution in [0.2, 0.25) is 10.0 Å². The average molecular weight is 285 g/mol. The van der Waals surface area contributed by atoms with E-state index in [1.165, 1.54) is 6.07 Å². The first kappa shape index (κ1) is 13.3. The average Bonchev–Trinajstić information content (AvgIpc) is 2.31. The summed E-state index contributed by atoms with van der Waals surface area (Å²) in [7, 11) is 0. The maximum Gasteiger partial charge on any atom is 0.126 e. The van der Waals surface area contributed by atoms with Crippen LogP contribution < -0.4 is 0 Å². The molecular weight excluding hydrogens is 274 g/mol. The van der Waals surface area contributed by atoms with Crippen molar-refractivity contribution in [3.8, 4) is 0 Å². The van der Waals surface area contributed by atoms with Gasteiger partial charge >= 0.3 is 0 Å². The predicted molar refractivity (Wildman–Crippen MR) is 71.5 cm³/mol. The molecule has 2 aromatic rings. The van der Waals surface area contributed by atoms with E-state index in [1.807, 2.05) is 0 Å². The largest absolute Gasteiger partial charge is 0.388 e. The first-order valence-corrected chi connectivity index (χ1v) is 6.19. The maximum atomic E-state index is 13.5. The Morgan fingerprint density at radius 1 is 1.06 bits per heavy atom. The lowest BCUT2D eigenvalue weighted by atomic mass is 10.0. The normalized spacial score (nSPS) is 12.4. The number of benzene rings is 2. The molecule has 2 aromatic carbocycles. The van der Waals surface area contributed by atoms with Crippen molar-refractivity contribution in [2.75, 3.05) is 0 Å². The lowest BCUT2D eigenvalue weighted by molar-refractivity contribution is 0.177. The molecule has 0 aliphatic carbocycles. The van der Waals surface area contributed by atoms with Crippen molar-refractivity contribution in [3.05, 3.63) is 69.5 Å². The number of hydrogen-bond acceptors (Lipinski definition) is 1. The minimum absolute atomic E-state index is 0.184. The SMILES string of the molecule is OC(Cc1ccccc1F)c1cc(Cl)cc(Cl)c1. The van der Waals surface area contributed by atoms with Gasteiger partial charge in [0.05, 0.1) is 6.10 Å². The van der Waals surface area contributed by atoms with Gasteiger partial charge in [-0.25, -0.2) is 4.39 Å². The number of halogens is 3. The van der Waals surface area contributed by atoms with E-state index in [9.17, 15) is 9.50 Å². The molecule has 1 nitrogen and oxygen atoms in total. The first-order chi connectivity index (χ1) is 8.56. The second-order valence-corrected chi connectivity index (χ2v) is 4.89. The summed E-state index contributed by atoms with van der Waals surface area (Å²) < 4.78 is 13.5. The molecule has 4 heteroatoms. The number of rotatable bonds is 3. The predicted octanol–water partition coefficient (Wildman–Crippen LogP) is 4.41. The van der Waals surface area contributed by atoms with Gasteiger partial charge in [-0.15, -0.1) is 0 Å². The number of aliphatic hydroxyl groups excluding tert-OH is 1. The second-order valence-electron chi connectivity index (χ2n) is 4.01. The molecule has 0 heterocycles. The van der Waals surface area contributed by atoms with Crippen molar-refractivity contribution in [2.24, 2.45) is 0 Å². The Kier molecular flexibility index (Phi) is 4.23. The highest BCUT2D eigenvalue weighted by Gasteiger charge is 2.12. The van der Waals surface area contributed by atoms with E-state index < -0.39 is 6.10 Å². The van der Waals surface area contributed by atoms with E-state index in [1.54, 1.807) is 36.4 Å². The van der Waals surface area contributed by atoms with Crippen LogP contribution in [-0.4, -0.2) is 5.11 Å². The zero-order valence-electron chi connectivity index (χ0n) is 9.41. The van der Waals surface area contributed by atoms with E-state index in [0.717, 1.165) is 0 Å². The van der Waals surface area contributed by atoms with Gasteiger partial charge in [0.15, 0.2) is 0 Å². The standard InChI is InChI=1S/C14H11Cl2FO/c15-11-5-10(6-12(16)8-11)14(18)7-9-3-1-2-4-13(9)17/h1-6,8,14,18H,7H2. The zero-order valence-corrected chi connectivity index (χ0v) is 10.9. The third-order valence-corrected chi connectivity index (χ3v) is 3.08. The molecule has 94 valence electrons. The highest BCUT2D eigenvalue weighted by Crippen LogP contribution is 2.26. The molecule has 0 saturated carbocycles. The van der Waals surface area contributed by atoms with E-state index in [0.29, 0.717) is 21.2 Å². The molecule has 0 amide bonds. The molecule has 0 aliphatic heterocycles. The summed E-state index contributed by atoms with van der Waals surface area (Å²) >= 11 is 11.7. The van der Waals surface area contributed by atoms with Crippen molar-refractivity contribution in [3.63, 3.8) is 0 Å². The molecule has 0 saturated heterocycles. The summed E-state index contributed by atoms with van der Waals surface area (Å²) in [6.07, 6.45) is -0.651. The molecule has 0 fully saturated rings. The van der Waals surface area contributed by atoms with Gasteiger partial charge in [0, 0.05) is 16.5 Å². The molecule has 2 rings (SSSR count). The Morgan fingerprint density at radius 2 is 1.67 bits per heavy atom. The molecule has 0 spiro atoms. The molecule has 0 aromatic heterocycles. The fourth-order valence-corrected chi connectivity index (χ4v) is 2.30. The minimum Gasteiger partial charge on any atom is -0.388 e. The minimum atomic E-state index is -0.835. The molecule has 0 bridgehead atoms. The van der Waals surface area contributed by atoms with Gasteiger partial charge in [0.1, 0.15) is 5.82 Å². The van der Waals surface area contributed by atoms with Crippen LogP contribution in [-0.2, 0) is 6.42 Å². The van der Waals surface area contributed by atoms with E-state index in [4.69, 9.17) is 23.2 Å². The maximum absolute atomic E-state index is 13.5. The Bertz CT molecular complexity index is 537. The van der Waals surface area contributed by atoms with Crippen LogP contribution in [0.25, 0.3) is 0 Å². The van der Waals surface area contributed by atoms with Crippen molar-refractivity contribution in [2.45, 2.75) is 12.5 Å². The van der Waals surface area contributed by atoms with Gasteiger partial charge in [-0.05, 0) is 35.4 Å². The highest BCUT2D eigenvalue weighted by molar-refractivity contribution is 6.34. The highest BCUT2D eigenvalue weighted by atomic mass is 35.5. The molecular formula is C14H11Cl2FO. The second kappa shape index (κ2) is 5.70. The fourth-order valence-electron chi connectivity index (χ4n) is 1.76. The van der Waals surface area contributed by atoms with Crippen molar-refractivity contribution in [1.82, 2.24) is 0 Å². The number of aliphatic hydroxyl groups is 1. The summed E-state index contributed by atoms with van der Waals surface area (Å²) in [5.41, 5.74) is 1.04. The van der Waals surface area contributed by atoms with E-state index in [-0.39, 0.29) is 12.2 Å². The Labute approximate surface area is 115 Å². The van der Waals surface area contributed by atoms with Crippen molar-refractivity contribution >= 4 is 23.2 Å². The summed E-state index contributed by atoms with van der Waals surface area (Å²) in [4.78, 5) is 0. The van der Waals surface area contributed by atoms with Crippen LogP contribution in [0.15, 0.2) is 42.5 Å². The van der Waals surface area contributed by atoms with Crippen molar-refractivity contribution in [1.29, 1.82) is 0 Å². The number of hydrogen-bond donors (Lipinski definition) is 1. The van der Waals surface area contributed by atoms with Crippen LogP contribution in [0.4, 0.5) is 4.39 Å². The van der Waals surface area contributed by atoms with Gasteiger partial charge in [0.25, 0.3) is 0 Å². The topological polar surface area (TPSA) is 20.2 Å². The van der Waals surface area contributed by atoms with Gasteiger partial charge in [-0.2, -0.15) is 0 Å². The summed E-state index contributed by atoms with van der Waals surface area (Å²) in [6.45, 7) is 0. The molecule has 1 N–H and O–H groups in total. The van der Waals surface area contributed by atoms with Crippen LogP contribution in [0.3, 0.4) is 0 Å². The van der Waals surface area contributed by atoms with E-state index >= 15 is 0 Å². The van der Waals surface area contributed by atoms with Crippen LogP contribution >= 0.6 is 23.2 Å². The summed E-state index contributed by atoms with van der Waals surface area (Å²) in [5, 5.41) is 11.0. The lowest BCUT2D eigenvalue weighted by Crippen LogP contribution is -2.03. The summed E-state index contributed by atoms with van der Waals surface area (Å²) in [6, 6.07) is 11.2. The third kappa shape index (κ3) is 3.22. The van der Waals surface area contributed by atoms with Gasteiger partial charge in [0.2, 0.25) is 0 Å². The van der Waals surface area contributed by atoms with Crippen molar-refractivity contribution < 1.29 is 9.50 Å². The summed E-state index contributed by atoms with van der Waals surface area (Å²) in [5.74, 6) is -0.329. The molecule has 0 radical (unpaired) electrons. The first-order valence-electron chi connectivity index (χ1n) is 5.44. The Hall–Kier alpha value is -1.09. The Balaban J connectivity index is 2.22. The molecule has 18 heavy (non-hydrogen) atoms. The zero-order chi connectivity index (χ0) is 13.1. The van der Waals surface area contributed by atoms with Gasteiger partial charge < -0.3 is 5.11 Å². The lowest BCUT2D eigenvalue weighted by Gasteiger charge is -2.12. The fraction of sp³-hybridized carbons (Fsp3) is 0.143. The smallest absolute Gasteiger partial charge is 0.126 e. The molecule has 1 atom stereocenters. The quantitative estimate of drug-likeness (QED) is 0.885. The Morgan fingerprint density at radius 3 is 2.28 bits per heavy atom. The van der Waals surface area contributed by atoms with Gasteiger partial charge in [-0.1, -0.05) is 41.4 Å². The van der Waals surface area contributed by atoms with Gasteiger partial charge in [-0.3, -0.25) is 0 Å². The van der Waals surface area contributed by atoms with Crippen LogP contribution in [0.1, 0.15) is 17.2 Å². The third-order valence-electron chi connectivity index (χ3n) is 2.64. The van der Waals surface area contributed by atoms with Crippen LogP contribution in [0.5, 0.6) is 0 Å². The van der Waals surface area contributed by atoms with E-state index in [2.05, 4.69) is 0 Å². The molecule has 1 unspecified atom stereocenters.